The van der Waals surface area contributed by atoms with Gasteiger partial charge in [-0.1, -0.05) is 0 Å². The zero-order chi connectivity index (χ0) is 10.1. The monoisotopic (exact) mass is 196 g/mol. The largest absolute Gasteiger partial charge is 0.381 e. The van der Waals surface area contributed by atoms with Gasteiger partial charge in [-0.3, -0.25) is 0 Å². The molecule has 5 heteroatoms. The Bertz CT molecular complexity index is 342. The second-order valence-electron chi connectivity index (χ2n) is 3.59. The number of anilines is 2. The van der Waals surface area contributed by atoms with E-state index in [0.29, 0.717) is 12.0 Å². The third kappa shape index (κ3) is 1.49. The third-order valence-corrected chi connectivity index (χ3v) is 2.57. The maximum absolute atomic E-state index is 12.8. The highest BCUT2D eigenvalue weighted by Gasteiger charge is 2.23. The number of hydrogen-bond acceptors (Lipinski definition) is 4. The van der Waals surface area contributed by atoms with Crippen LogP contribution in [0.2, 0.25) is 0 Å². The van der Waals surface area contributed by atoms with Gasteiger partial charge in [0.05, 0.1) is 6.20 Å². The van der Waals surface area contributed by atoms with Gasteiger partial charge in [-0.25, -0.2) is 9.37 Å². The van der Waals surface area contributed by atoms with Crippen molar-refractivity contribution < 1.29 is 4.39 Å². The zero-order valence-electron chi connectivity index (χ0n) is 8.07. The summed E-state index contributed by atoms with van der Waals surface area (Å²) in [6.45, 7) is 3.03. The minimum atomic E-state index is -0.555. The summed E-state index contributed by atoms with van der Waals surface area (Å²) in [6.07, 6.45) is 3.38. The number of aromatic nitrogens is 2. The Balaban J connectivity index is 2.28. The van der Waals surface area contributed by atoms with Crippen LogP contribution >= 0.6 is 0 Å². The summed E-state index contributed by atoms with van der Waals surface area (Å²) in [7, 11) is 0. The van der Waals surface area contributed by atoms with Crippen molar-refractivity contribution in [3.8, 4) is 0 Å². The Labute approximate surface area is 82.0 Å². The molecule has 1 aromatic rings. The molecule has 0 radical (unpaired) electrons. The van der Waals surface area contributed by atoms with Crippen molar-refractivity contribution >= 4 is 11.8 Å². The van der Waals surface area contributed by atoms with Crippen LogP contribution in [0.25, 0.3) is 0 Å². The molecule has 0 amide bonds. The molecule has 2 N–H and O–H groups in total. The Hall–Kier alpha value is -1.39. The first-order valence-electron chi connectivity index (χ1n) is 4.73. The molecule has 2 rings (SSSR count). The van der Waals surface area contributed by atoms with Crippen molar-refractivity contribution in [3.63, 3.8) is 0 Å². The van der Waals surface area contributed by atoms with Crippen LogP contribution in [0, 0.1) is 5.82 Å². The quantitative estimate of drug-likeness (QED) is 0.733. The van der Waals surface area contributed by atoms with E-state index in [4.69, 9.17) is 5.73 Å². The van der Waals surface area contributed by atoms with Gasteiger partial charge in [0.25, 0.3) is 0 Å². The normalized spacial score (nSPS) is 21.6. The molecular weight excluding hydrogens is 183 g/mol. The lowest BCUT2D eigenvalue weighted by Gasteiger charge is -2.21. The van der Waals surface area contributed by atoms with Crippen LogP contribution in [0.3, 0.4) is 0 Å². The predicted molar refractivity (Wildman–Crippen MR) is 52.4 cm³/mol. The average Bonchev–Trinajstić information content (AvgIpc) is 2.57. The molecule has 0 aromatic carbocycles. The molecular formula is C9H13FN4. The molecule has 1 aliphatic rings. The number of hydrogen-bond donors (Lipinski definition) is 1. The van der Waals surface area contributed by atoms with Crippen LogP contribution in [0.4, 0.5) is 16.2 Å². The van der Waals surface area contributed by atoms with Gasteiger partial charge in [0.1, 0.15) is 0 Å². The van der Waals surface area contributed by atoms with Crippen molar-refractivity contribution in [2.75, 3.05) is 17.2 Å². The summed E-state index contributed by atoms with van der Waals surface area (Å²) in [5.74, 6) is -0.0939. The first-order valence-corrected chi connectivity index (χ1v) is 4.73. The Kier molecular flexibility index (Phi) is 2.23. The second-order valence-corrected chi connectivity index (χ2v) is 3.59. The van der Waals surface area contributed by atoms with E-state index in [-0.39, 0.29) is 5.82 Å². The van der Waals surface area contributed by atoms with E-state index in [0.717, 1.165) is 25.6 Å². The van der Waals surface area contributed by atoms with Crippen LogP contribution in [0.5, 0.6) is 0 Å². The first-order chi connectivity index (χ1) is 6.68. The molecule has 1 aromatic heterocycles. The van der Waals surface area contributed by atoms with E-state index in [9.17, 15) is 4.39 Å². The third-order valence-electron chi connectivity index (χ3n) is 2.57. The van der Waals surface area contributed by atoms with Gasteiger partial charge in [-0.15, -0.1) is 0 Å². The lowest BCUT2D eigenvalue weighted by atomic mass is 10.2. The summed E-state index contributed by atoms with van der Waals surface area (Å²) in [5, 5.41) is 0. The summed E-state index contributed by atoms with van der Waals surface area (Å²) in [4.78, 5) is 9.91. The number of halogens is 1. The summed E-state index contributed by atoms with van der Waals surface area (Å²) in [6, 6.07) is 0.417. The maximum Gasteiger partial charge on any atom is 0.227 e. The standard InChI is InChI=1S/C9H13FN4/c1-6-3-2-4-14(6)9-12-5-7(10)8(11)13-9/h5-6H,2-4H2,1H3,(H2,11,12,13). The van der Waals surface area contributed by atoms with Crippen molar-refractivity contribution in [2.45, 2.75) is 25.8 Å². The number of nitrogens with zero attached hydrogens (tertiary/aromatic N) is 3. The van der Waals surface area contributed by atoms with E-state index >= 15 is 0 Å². The summed E-state index contributed by atoms with van der Waals surface area (Å²) in [5.41, 5.74) is 5.38. The fourth-order valence-electron chi connectivity index (χ4n) is 1.74. The van der Waals surface area contributed by atoms with E-state index in [2.05, 4.69) is 21.8 Å². The van der Waals surface area contributed by atoms with Gasteiger partial charge in [-0.05, 0) is 19.8 Å². The highest BCUT2D eigenvalue weighted by Crippen LogP contribution is 2.22. The molecule has 1 fully saturated rings. The number of rotatable bonds is 1. The van der Waals surface area contributed by atoms with Gasteiger partial charge < -0.3 is 10.6 Å². The Morgan fingerprint density at radius 1 is 1.64 bits per heavy atom. The van der Waals surface area contributed by atoms with E-state index in [1.807, 2.05) is 0 Å². The molecule has 0 bridgehead atoms. The van der Waals surface area contributed by atoms with Gasteiger partial charge in [0, 0.05) is 12.6 Å². The molecule has 0 aliphatic carbocycles. The van der Waals surface area contributed by atoms with Crippen LogP contribution in [0.15, 0.2) is 6.20 Å². The zero-order valence-corrected chi connectivity index (χ0v) is 8.07. The second kappa shape index (κ2) is 3.40. The van der Waals surface area contributed by atoms with Crippen LogP contribution in [-0.2, 0) is 0 Å². The average molecular weight is 196 g/mol. The molecule has 0 spiro atoms. The first kappa shape index (κ1) is 9.18. The lowest BCUT2D eigenvalue weighted by Crippen LogP contribution is -2.28. The van der Waals surface area contributed by atoms with Crippen molar-refractivity contribution in [3.05, 3.63) is 12.0 Å². The van der Waals surface area contributed by atoms with Gasteiger partial charge in [-0.2, -0.15) is 4.98 Å². The molecule has 76 valence electrons. The fraction of sp³-hybridized carbons (Fsp3) is 0.556. The Morgan fingerprint density at radius 3 is 3.00 bits per heavy atom. The molecule has 1 saturated heterocycles. The highest BCUT2D eigenvalue weighted by atomic mass is 19.1. The predicted octanol–water partition coefficient (Wildman–Crippen LogP) is 1.19. The highest BCUT2D eigenvalue weighted by molar-refractivity contribution is 5.40. The maximum atomic E-state index is 12.8. The van der Waals surface area contributed by atoms with Crippen LogP contribution in [0.1, 0.15) is 19.8 Å². The molecule has 2 heterocycles. The summed E-state index contributed by atoms with van der Waals surface area (Å²) < 4.78 is 12.8. The number of nitrogen functional groups attached to an aromatic ring is 1. The van der Waals surface area contributed by atoms with E-state index in [1.54, 1.807) is 0 Å². The molecule has 1 atom stereocenters. The van der Waals surface area contributed by atoms with Crippen LogP contribution in [-0.4, -0.2) is 22.6 Å². The van der Waals surface area contributed by atoms with Crippen molar-refractivity contribution in [1.29, 1.82) is 0 Å². The smallest absolute Gasteiger partial charge is 0.227 e. The minimum Gasteiger partial charge on any atom is -0.381 e. The molecule has 1 aliphatic heterocycles. The molecule has 14 heavy (non-hydrogen) atoms. The van der Waals surface area contributed by atoms with Crippen molar-refractivity contribution in [1.82, 2.24) is 9.97 Å². The SMILES string of the molecule is CC1CCCN1c1ncc(F)c(N)n1. The number of nitrogens with two attached hydrogens (primary N) is 1. The molecule has 1 unspecified atom stereocenters. The fourth-order valence-corrected chi connectivity index (χ4v) is 1.74. The molecule has 0 saturated carbocycles. The van der Waals surface area contributed by atoms with Gasteiger partial charge in [0.2, 0.25) is 5.95 Å². The van der Waals surface area contributed by atoms with Crippen LogP contribution < -0.4 is 10.6 Å². The van der Waals surface area contributed by atoms with Crippen molar-refractivity contribution in [2.24, 2.45) is 0 Å². The summed E-state index contributed by atoms with van der Waals surface area (Å²) >= 11 is 0. The topological polar surface area (TPSA) is 55.0 Å². The Morgan fingerprint density at radius 2 is 2.43 bits per heavy atom. The lowest BCUT2D eigenvalue weighted by molar-refractivity contribution is 0.616. The van der Waals surface area contributed by atoms with E-state index < -0.39 is 5.82 Å². The minimum absolute atomic E-state index is 0.0749. The molecule has 4 nitrogen and oxygen atoms in total. The van der Waals surface area contributed by atoms with E-state index in [1.165, 1.54) is 0 Å². The van der Waals surface area contributed by atoms with Gasteiger partial charge in [0.15, 0.2) is 11.6 Å². The van der Waals surface area contributed by atoms with Gasteiger partial charge >= 0.3 is 0 Å².